The molecule has 0 atom stereocenters. The van der Waals surface area contributed by atoms with Crippen molar-refractivity contribution >= 4 is 27.5 Å². The number of carbonyl (C=O) groups excluding carboxylic acids is 1. The second kappa shape index (κ2) is 9.43. The van der Waals surface area contributed by atoms with Crippen LogP contribution in [0.5, 0.6) is 0 Å². The third kappa shape index (κ3) is 6.65. The molecule has 8 heteroatoms. The van der Waals surface area contributed by atoms with Crippen molar-refractivity contribution in [3.63, 3.8) is 0 Å². The van der Waals surface area contributed by atoms with Crippen molar-refractivity contribution in [1.82, 2.24) is 10.6 Å². The SMILES string of the molecule is COCCNC(=O)CCNCc1ccc([N+](=O)[O-])cc1Br. The minimum Gasteiger partial charge on any atom is -0.383 e. The van der Waals surface area contributed by atoms with Gasteiger partial charge in [-0.05, 0) is 11.6 Å². The Balaban J connectivity index is 2.30. The minimum absolute atomic E-state index is 0.0395. The summed E-state index contributed by atoms with van der Waals surface area (Å²) in [4.78, 5) is 21.6. The van der Waals surface area contributed by atoms with E-state index in [0.717, 1.165) is 5.56 Å². The van der Waals surface area contributed by atoms with Gasteiger partial charge in [0.05, 0.1) is 11.5 Å². The van der Waals surface area contributed by atoms with Gasteiger partial charge in [-0.2, -0.15) is 0 Å². The Morgan fingerprint density at radius 2 is 2.19 bits per heavy atom. The summed E-state index contributed by atoms with van der Waals surface area (Å²) in [6, 6.07) is 4.61. The Labute approximate surface area is 131 Å². The standard InChI is InChI=1S/C13H18BrN3O4/c1-21-7-6-16-13(18)4-5-15-9-10-2-3-11(17(19)20)8-12(10)14/h2-3,8,15H,4-7,9H2,1H3,(H,16,18). The van der Waals surface area contributed by atoms with Crippen LogP contribution in [-0.2, 0) is 16.1 Å². The van der Waals surface area contributed by atoms with Gasteiger partial charge in [0.15, 0.2) is 0 Å². The number of rotatable bonds is 9. The smallest absolute Gasteiger partial charge is 0.270 e. The Hall–Kier alpha value is -1.51. The molecule has 2 N–H and O–H groups in total. The third-order valence-electron chi connectivity index (χ3n) is 2.72. The number of nitrogens with zero attached hydrogens (tertiary/aromatic N) is 1. The predicted molar refractivity (Wildman–Crippen MR) is 82.0 cm³/mol. The van der Waals surface area contributed by atoms with Crippen LogP contribution >= 0.6 is 15.9 Å². The van der Waals surface area contributed by atoms with Crippen molar-refractivity contribution in [2.45, 2.75) is 13.0 Å². The maximum Gasteiger partial charge on any atom is 0.270 e. The van der Waals surface area contributed by atoms with Crippen LogP contribution in [0.2, 0.25) is 0 Å². The lowest BCUT2D eigenvalue weighted by Crippen LogP contribution is -2.29. The van der Waals surface area contributed by atoms with Gasteiger partial charge in [0, 0.05) is 49.8 Å². The van der Waals surface area contributed by atoms with Crippen LogP contribution in [0, 0.1) is 10.1 Å². The summed E-state index contributed by atoms with van der Waals surface area (Å²) in [6.45, 7) is 2.06. The lowest BCUT2D eigenvalue weighted by Gasteiger charge is -2.07. The molecule has 0 bridgehead atoms. The molecule has 0 heterocycles. The van der Waals surface area contributed by atoms with Crippen LogP contribution in [0.3, 0.4) is 0 Å². The lowest BCUT2D eigenvalue weighted by molar-refractivity contribution is -0.384. The van der Waals surface area contributed by atoms with Crippen LogP contribution < -0.4 is 10.6 Å². The van der Waals surface area contributed by atoms with Gasteiger partial charge < -0.3 is 15.4 Å². The van der Waals surface area contributed by atoms with E-state index in [2.05, 4.69) is 26.6 Å². The first-order valence-electron chi connectivity index (χ1n) is 6.43. The fourth-order valence-corrected chi connectivity index (χ4v) is 2.11. The maximum absolute atomic E-state index is 11.4. The average molecular weight is 360 g/mol. The van der Waals surface area contributed by atoms with Gasteiger partial charge in [-0.15, -0.1) is 0 Å². The molecule has 21 heavy (non-hydrogen) atoms. The number of halogens is 1. The van der Waals surface area contributed by atoms with E-state index in [-0.39, 0.29) is 11.6 Å². The highest BCUT2D eigenvalue weighted by Gasteiger charge is 2.08. The molecule has 0 aliphatic rings. The molecular formula is C13H18BrN3O4. The summed E-state index contributed by atoms with van der Waals surface area (Å²) in [7, 11) is 1.58. The zero-order valence-corrected chi connectivity index (χ0v) is 13.3. The summed E-state index contributed by atoms with van der Waals surface area (Å²) in [5, 5.41) is 16.5. The first kappa shape index (κ1) is 17.5. The van der Waals surface area contributed by atoms with E-state index in [9.17, 15) is 14.9 Å². The fourth-order valence-electron chi connectivity index (χ4n) is 1.60. The minimum atomic E-state index is -0.438. The molecule has 116 valence electrons. The normalized spacial score (nSPS) is 10.4. The van der Waals surface area contributed by atoms with Gasteiger partial charge in [0.1, 0.15) is 0 Å². The fraction of sp³-hybridized carbons (Fsp3) is 0.462. The molecule has 0 aromatic heterocycles. The van der Waals surface area contributed by atoms with E-state index in [1.165, 1.54) is 12.1 Å². The number of non-ortho nitro benzene ring substituents is 1. The van der Waals surface area contributed by atoms with E-state index in [0.29, 0.717) is 37.1 Å². The molecule has 1 aromatic carbocycles. The molecule has 0 aliphatic carbocycles. The largest absolute Gasteiger partial charge is 0.383 e. The molecule has 0 radical (unpaired) electrons. The first-order chi connectivity index (χ1) is 10.0. The van der Waals surface area contributed by atoms with Crippen molar-refractivity contribution in [2.24, 2.45) is 0 Å². The maximum atomic E-state index is 11.4. The summed E-state index contributed by atoms with van der Waals surface area (Å²) in [5.74, 6) is -0.0395. The highest BCUT2D eigenvalue weighted by Crippen LogP contribution is 2.22. The van der Waals surface area contributed by atoms with Gasteiger partial charge in [0.2, 0.25) is 5.91 Å². The van der Waals surface area contributed by atoms with Gasteiger partial charge in [-0.1, -0.05) is 15.9 Å². The summed E-state index contributed by atoms with van der Waals surface area (Å²) in [6.07, 6.45) is 0.369. The second-order valence-electron chi connectivity index (χ2n) is 4.30. The Morgan fingerprint density at radius 3 is 2.81 bits per heavy atom. The Bertz CT molecular complexity index is 496. The molecule has 0 spiro atoms. The van der Waals surface area contributed by atoms with Gasteiger partial charge >= 0.3 is 0 Å². The molecule has 1 aromatic rings. The van der Waals surface area contributed by atoms with Crippen molar-refractivity contribution in [2.75, 3.05) is 26.8 Å². The Kier molecular flexibility index (Phi) is 7.88. The molecule has 7 nitrogen and oxygen atoms in total. The molecule has 0 unspecified atom stereocenters. The number of carbonyl (C=O) groups is 1. The summed E-state index contributed by atoms with van der Waals surface area (Å²) >= 11 is 3.30. The number of nitro groups is 1. The van der Waals surface area contributed by atoms with Gasteiger partial charge in [-0.25, -0.2) is 0 Å². The highest BCUT2D eigenvalue weighted by molar-refractivity contribution is 9.10. The van der Waals surface area contributed by atoms with Crippen LogP contribution in [0.15, 0.2) is 22.7 Å². The number of benzene rings is 1. The highest BCUT2D eigenvalue weighted by atomic mass is 79.9. The third-order valence-corrected chi connectivity index (χ3v) is 3.46. The summed E-state index contributed by atoms with van der Waals surface area (Å²) < 4.78 is 5.51. The van der Waals surface area contributed by atoms with E-state index in [4.69, 9.17) is 4.74 Å². The zero-order valence-electron chi connectivity index (χ0n) is 11.7. The monoisotopic (exact) mass is 359 g/mol. The number of nitro benzene ring substituents is 1. The molecule has 1 amide bonds. The first-order valence-corrected chi connectivity index (χ1v) is 7.23. The molecule has 0 saturated heterocycles. The summed E-state index contributed by atoms with van der Waals surface area (Å²) in [5.41, 5.74) is 0.948. The van der Waals surface area contributed by atoms with E-state index < -0.39 is 4.92 Å². The number of hydrogen-bond acceptors (Lipinski definition) is 5. The lowest BCUT2D eigenvalue weighted by atomic mass is 10.2. The second-order valence-corrected chi connectivity index (χ2v) is 5.16. The van der Waals surface area contributed by atoms with Crippen molar-refractivity contribution in [3.05, 3.63) is 38.3 Å². The van der Waals surface area contributed by atoms with Crippen LogP contribution in [0.4, 0.5) is 5.69 Å². The quantitative estimate of drug-likeness (QED) is 0.396. The molecule has 0 aliphatic heterocycles. The average Bonchev–Trinajstić information content (AvgIpc) is 2.45. The van der Waals surface area contributed by atoms with Gasteiger partial charge in [-0.3, -0.25) is 14.9 Å². The molecular weight excluding hydrogens is 342 g/mol. The van der Waals surface area contributed by atoms with Crippen molar-refractivity contribution < 1.29 is 14.5 Å². The number of amides is 1. The van der Waals surface area contributed by atoms with E-state index >= 15 is 0 Å². The van der Waals surface area contributed by atoms with Crippen LogP contribution in [0.25, 0.3) is 0 Å². The number of hydrogen-bond donors (Lipinski definition) is 2. The van der Waals surface area contributed by atoms with E-state index in [1.807, 2.05) is 0 Å². The zero-order chi connectivity index (χ0) is 15.7. The van der Waals surface area contributed by atoms with Crippen molar-refractivity contribution in [1.29, 1.82) is 0 Å². The number of ether oxygens (including phenoxy) is 1. The number of nitrogens with one attached hydrogen (secondary N) is 2. The number of methoxy groups -OCH3 is 1. The van der Waals surface area contributed by atoms with Crippen molar-refractivity contribution in [3.8, 4) is 0 Å². The molecule has 1 rings (SSSR count). The van der Waals surface area contributed by atoms with Gasteiger partial charge in [0.25, 0.3) is 5.69 Å². The molecule has 0 fully saturated rings. The van der Waals surface area contributed by atoms with Crippen LogP contribution in [0.1, 0.15) is 12.0 Å². The van der Waals surface area contributed by atoms with E-state index in [1.54, 1.807) is 13.2 Å². The Morgan fingerprint density at radius 1 is 1.43 bits per heavy atom. The predicted octanol–water partition coefficient (Wildman–Crippen LogP) is 1.60. The topological polar surface area (TPSA) is 93.5 Å². The van der Waals surface area contributed by atoms with Crippen LogP contribution in [-0.4, -0.2) is 37.6 Å². The molecule has 0 saturated carbocycles.